The molecule has 8 heteroatoms. The highest BCUT2D eigenvalue weighted by molar-refractivity contribution is 7.20. The quantitative estimate of drug-likeness (QED) is 0.414. The monoisotopic (exact) mass is 458 g/mol. The lowest BCUT2D eigenvalue weighted by molar-refractivity contribution is -0.0136. The lowest BCUT2D eigenvalue weighted by Gasteiger charge is -2.13. The highest BCUT2D eigenvalue weighted by Crippen LogP contribution is 2.30. The predicted octanol–water partition coefficient (Wildman–Crippen LogP) is 5.16. The molecule has 33 heavy (non-hydrogen) atoms. The maximum absolute atomic E-state index is 12.8. The van der Waals surface area contributed by atoms with Gasteiger partial charge in [0.2, 0.25) is 6.29 Å². The van der Waals surface area contributed by atoms with Gasteiger partial charge in [-0.1, -0.05) is 48.5 Å². The molecule has 0 saturated carbocycles. The molecule has 1 atom stereocenters. The minimum absolute atomic E-state index is 0.0337. The highest BCUT2D eigenvalue weighted by atomic mass is 32.1. The van der Waals surface area contributed by atoms with Crippen LogP contribution in [0, 0.1) is 0 Å². The summed E-state index contributed by atoms with van der Waals surface area (Å²) >= 11 is 1.24. The number of hydrogen-bond donors (Lipinski definition) is 2. The van der Waals surface area contributed by atoms with Gasteiger partial charge in [0.1, 0.15) is 6.26 Å². The minimum Gasteiger partial charge on any atom is -0.478 e. The fourth-order valence-corrected chi connectivity index (χ4v) is 4.36. The Balaban J connectivity index is 1.36. The summed E-state index contributed by atoms with van der Waals surface area (Å²) in [6.07, 6.45) is 1.58. The van der Waals surface area contributed by atoms with Gasteiger partial charge >= 0.3 is 5.97 Å². The van der Waals surface area contributed by atoms with Crippen molar-refractivity contribution in [3.05, 3.63) is 101 Å². The number of ether oxygens (including phenoxy) is 2. The molecular formula is C25H18N2O5S. The molecule has 1 unspecified atom stereocenters. The van der Waals surface area contributed by atoms with Gasteiger partial charge in [-0.2, -0.15) is 0 Å². The summed E-state index contributed by atoms with van der Waals surface area (Å²) < 4.78 is 12.4. The van der Waals surface area contributed by atoms with Crippen molar-refractivity contribution in [3.63, 3.8) is 0 Å². The number of thiazole rings is 1. The Hall–Kier alpha value is -4.17. The molecule has 1 aromatic heterocycles. The number of hydrogen-bond acceptors (Lipinski definition) is 6. The second-order valence-corrected chi connectivity index (χ2v) is 8.39. The summed E-state index contributed by atoms with van der Waals surface area (Å²) in [6, 6.07) is 21.8. The molecule has 0 bridgehead atoms. The molecule has 1 aliphatic heterocycles. The first-order chi connectivity index (χ1) is 16.1. The van der Waals surface area contributed by atoms with Crippen molar-refractivity contribution in [2.24, 2.45) is 0 Å². The molecule has 1 aliphatic rings. The van der Waals surface area contributed by atoms with E-state index >= 15 is 0 Å². The summed E-state index contributed by atoms with van der Waals surface area (Å²) in [5, 5.41) is 12.5. The van der Waals surface area contributed by atoms with Gasteiger partial charge in [0.05, 0.1) is 21.5 Å². The van der Waals surface area contributed by atoms with Crippen molar-refractivity contribution in [3.8, 4) is 0 Å². The van der Waals surface area contributed by atoms with Gasteiger partial charge < -0.3 is 19.9 Å². The van der Waals surface area contributed by atoms with Gasteiger partial charge in [-0.15, -0.1) is 11.3 Å². The molecule has 1 amide bonds. The average Bonchev–Trinajstić information content (AvgIpc) is 3.47. The molecule has 2 N–H and O–H groups in total. The largest absolute Gasteiger partial charge is 0.478 e. The molecule has 0 radical (unpaired) electrons. The number of aromatic carboxylic acids is 1. The number of carboxylic acids is 1. The Morgan fingerprint density at radius 1 is 1.03 bits per heavy atom. The number of carboxylic acid groups (broad SMARTS) is 1. The Labute approximate surface area is 192 Å². The van der Waals surface area contributed by atoms with Crippen LogP contribution < -0.4 is 5.32 Å². The fourth-order valence-electron chi connectivity index (χ4n) is 3.50. The number of benzene rings is 3. The molecule has 0 spiro atoms. The standard InChI is InChI=1S/C25H18N2O5S/c28-23(24-27-18-8-4-5-9-21(18)33-24)26-19-13-16(10-11-17(19)25(29)30)20-14-31-22(32-20)12-15-6-2-1-3-7-15/h1-11,13-14,22H,12H2,(H,26,28)(H,29,30). The zero-order valence-electron chi connectivity index (χ0n) is 17.2. The van der Waals surface area contributed by atoms with Crippen LogP contribution in [0.5, 0.6) is 0 Å². The third-order valence-corrected chi connectivity index (χ3v) is 6.14. The smallest absolute Gasteiger partial charge is 0.337 e. The number of anilines is 1. The van der Waals surface area contributed by atoms with Crippen LogP contribution in [-0.2, 0) is 15.9 Å². The van der Waals surface area contributed by atoms with E-state index in [0.717, 1.165) is 10.3 Å². The number of fused-ring (bicyclic) bond motifs is 1. The number of nitrogens with zero attached hydrogens (tertiary/aromatic N) is 1. The van der Waals surface area contributed by atoms with E-state index in [0.29, 0.717) is 23.3 Å². The van der Waals surface area contributed by atoms with Gasteiger partial charge in [0.25, 0.3) is 5.91 Å². The zero-order valence-corrected chi connectivity index (χ0v) is 18.0. The van der Waals surface area contributed by atoms with Crippen LogP contribution in [0.25, 0.3) is 16.0 Å². The summed E-state index contributed by atoms with van der Waals surface area (Å²) in [5.74, 6) is -1.17. The highest BCUT2D eigenvalue weighted by Gasteiger charge is 2.23. The number of nitrogens with one attached hydrogen (secondary N) is 1. The SMILES string of the molecule is O=C(Nc1cc(C2=COC(Cc3ccccc3)O2)ccc1C(=O)O)c1nc2ccccc2s1. The van der Waals surface area contributed by atoms with Crippen molar-refractivity contribution in [2.45, 2.75) is 12.7 Å². The van der Waals surface area contributed by atoms with Crippen molar-refractivity contribution < 1.29 is 24.2 Å². The summed E-state index contributed by atoms with van der Waals surface area (Å²) in [7, 11) is 0. The number of carbonyl (C=O) groups is 2. The fraction of sp³-hybridized carbons (Fsp3) is 0.0800. The van der Waals surface area contributed by atoms with E-state index in [2.05, 4.69) is 10.3 Å². The summed E-state index contributed by atoms with van der Waals surface area (Å²) in [4.78, 5) is 28.9. The molecule has 0 aliphatic carbocycles. The zero-order chi connectivity index (χ0) is 22.8. The number of aromatic nitrogens is 1. The molecule has 0 fully saturated rings. The molecule has 7 nitrogen and oxygen atoms in total. The second-order valence-electron chi connectivity index (χ2n) is 7.36. The maximum atomic E-state index is 12.8. The Morgan fingerprint density at radius 2 is 1.82 bits per heavy atom. The summed E-state index contributed by atoms with van der Waals surface area (Å²) in [6.45, 7) is 0. The second kappa shape index (κ2) is 8.76. The maximum Gasteiger partial charge on any atom is 0.337 e. The lowest BCUT2D eigenvalue weighted by atomic mass is 10.1. The van der Waals surface area contributed by atoms with Crippen LogP contribution in [0.4, 0.5) is 5.69 Å². The van der Waals surface area contributed by atoms with E-state index in [-0.39, 0.29) is 16.3 Å². The third kappa shape index (κ3) is 4.42. The molecule has 5 rings (SSSR count). The van der Waals surface area contributed by atoms with E-state index in [1.165, 1.54) is 23.7 Å². The molecular weight excluding hydrogens is 440 g/mol. The van der Waals surface area contributed by atoms with Crippen LogP contribution in [0.2, 0.25) is 0 Å². The molecule has 3 aromatic carbocycles. The third-order valence-electron chi connectivity index (χ3n) is 5.10. The number of carbonyl (C=O) groups excluding carboxylic acids is 1. The molecule has 4 aromatic rings. The Bertz CT molecular complexity index is 1350. The van der Waals surface area contributed by atoms with E-state index in [1.807, 2.05) is 54.6 Å². The summed E-state index contributed by atoms with van der Waals surface area (Å²) in [5.41, 5.74) is 2.50. The van der Waals surface area contributed by atoms with Gasteiger partial charge in [0.15, 0.2) is 10.8 Å². The number of para-hydroxylation sites is 1. The Kier molecular flexibility index (Phi) is 5.50. The predicted molar refractivity (Wildman–Crippen MR) is 125 cm³/mol. The van der Waals surface area contributed by atoms with Crippen LogP contribution >= 0.6 is 11.3 Å². The van der Waals surface area contributed by atoms with Crippen LogP contribution in [0.1, 0.15) is 31.3 Å². The van der Waals surface area contributed by atoms with E-state index < -0.39 is 18.2 Å². The average molecular weight is 458 g/mol. The van der Waals surface area contributed by atoms with Gasteiger partial charge in [-0.25, -0.2) is 9.78 Å². The van der Waals surface area contributed by atoms with Crippen LogP contribution in [0.15, 0.2) is 79.1 Å². The van der Waals surface area contributed by atoms with E-state index in [4.69, 9.17) is 9.47 Å². The van der Waals surface area contributed by atoms with E-state index in [1.54, 1.807) is 12.1 Å². The van der Waals surface area contributed by atoms with Crippen molar-refractivity contribution >= 4 is 44.9 Å². The lowest BCUT2D eigenvalue weighted by Crippen LogP contribution is -2.15. The first-order valence-corrected chi connectivity index (χ1v) is 11.0. The Morgan fingerprint density at radius 3 is 2.61 bits per heavy atom. The first-order valence-electron chi connectivity index (χ1n) is 10.2. The van der Waals surface area contributed by atoms with Gasteiger partial charge in [0, 0.05) is 12.0 Å². The number of amides is 1. The molecule has 0 saturated heterocycles. The normalized spacial score (nSPS) is 14.9. The van der Waals surface area contributed by atoms with Crippen molar-refractivity contribution in [1.29, 1.82) is 0 Å². The minimum atomic E-state index is -1.15. The van der Waals surface area contributed by atoms with E-state index in [9.17, 15) is 14.7 Å². The van der Waals surface area contributed by atoms with Crippen molar-refractivity contribution in [1.82, 2.24) is 4.98 Å². The topological polar surface area (TPSA) is 97.8 Å². The molecule has 2 heterocycles. The van der Waals surface area contributed by atoms with Gasteiger partial charge in [-0.05, 0) is 29.8 Å². The van der Waals surface area contributed by atoms with Crippen LogP contribution in [-0.4, -0.2) is 28.3 Å². The van der Waals surface area contributed by atoms with Crippen molar-refractivity contribution in [2.75, 3.05) is 5.32 Å². The van der Waals surface area contributed by atoms with Gasteiger partial charge in [-0.3, -0.25) is 4.79 Å². The number of rotatable bonds is 6. The first kappa shape index (κ1) is 20.7. The molecule has 164 valence electrons. The van der Waals surface area contributed by atoms with Crippen LogP contribution in [0.3, 0.4) is 0 Å².